The summed E-state index contributed by atoms with van der Waals surface area (Å²) in [7, 11) is 0. The fraction of sp³-hybridized carbons (Fsp3) is 0.685. The second-order valence-electron chi connectivity index (χ2n) is 21.6. The van der Waals surface area contributed by atoms with Crippen molar-refractivity contribution in [3.05, 3.63) is 122 Å². The van der Waals surface area contributed by atoms with Crippen LogP contribution in [0.25, 0.3) is 0 Å². The molecule has 0 aromatic heterocycles. The summed E-state index contributed by atoms with van der Waals surface area (Å²) in [5.41, 5.74) is 0. The molecule has 0 rings (SSSR count). The van der Waals surface area contributed by atoms with Gasteiger partial charge in [-0.25, -0.2) is 0 Å². The zero-order valence-electron chi connectivity index (χ0n) is 51.6. The van der Waals surface area contributed by atoms with Crippen LogP contribution in [-0.4, -0.2) is 37.2 Å². The minimum Gasteiger partial charge on any atom is -0.462 e. The lowest BCUT2D eigenvalue weighted by Gasteiger charge is -2.18. The summed E-state index contributed by atoms with van der Waals surface area (Å²) in [6, 6.07) is 0. The molecule has 0 aliphatic heterocycles. The first kappa shape index (κ1) is 74.8. The highest BCUT2D eigenvalue weighted by atomic mass is 16.6. The second kappa shape index (κ2) is 66.3. The molecule has 0 N–H and O–H groups in total. The predicted octanol–water partition coefficient (Wildman–Crippen LogP) is 22.8. The van der Waals surface area contributed by atoms with Gasteiger partial charge in [0.1, 0.15) is 13.2 Å². The Morgan fingerprint density at radius 2 is 0.494 bits per heavy atom. The molecule has 0 saturated carbocycles. The monoisotopic (exact) mass is 1090 g/mol. The molecule has 0 aromatic carbocycles. The van der Waals surface area contributed by atoms with Gasteiger partial charge in [0.2, 0.25) is 0 Å². The molecule has 0 amide bonds. The van der Waals surface area contributed by atoms with Crippen LogP contribution in [0.4, 0.5) is 0 Å². The van der Waals surface area contributed by atoms with Gasteiger partial charge in [0, 0.05) is 19.3 Å². The summed E-state index contributed by atoms with van der Waals surface area (Å²) >= 11 is 0. The predicted molar refractivity (Wildman–Crippen MR) is 343 cm³/mol. The van der Waals surface area contributed by atoms with Crippen LogP contribution >= 0.6 is 0 Å². The van der Waals surface area contributed by atoms with Crippen molar-refractivity contribution in [1.29, 1.82) is 0 Å². The maximum atomic E-state index is 12.8. The molecule has 6 nitrogen and oxygen atoms in total. The summed E-state index contributed by atoms with van der Waals surface area (Å²) in [6.07, 6.45) is 92.6. The Labute approximate surface area is 488 Å². The van der Waals surface area contributed by atoms with Crippen LogP contribution in [0.15, 0.2) is 122 Å². The summed E-state index contributed by atoms with van der Waals surface area (Å²) in [6.45, 7) is 6.43. The van der Waals surface area contributed by atoms with Gasteiger partial charge in [-0.05, 0) is 116 Å². The van der Waals surface area contributed by atoms with Crippen LogP contribution in [-0.2, 0) is 28.6 Å². The Hall–Kier alpha value is -4.19. The zero-order chi connectivity index (χ0) is 57.1. The Morgan fingerprint density at radius 3 is 0.772 bits per heavy atom. The van der Waals surface area contributed by atoms with Gasteiger partial charge in [-0.2, -0.15) is 0 Å². The van der Waals surface area contributed by atoms with Crippen molar-refractivity contribution < 1.29 is 28.6 Å². The zero-order valence-corrected chi connectivity index (χ0v) is 51.6. The normalized spacial score (nSPS) is 12.9. The van der Waals surface area contributed by atoms with Gasteiger partial charge in [0.25, 0.3) is 0 Å². The van der Waals surface area contributed by atoms with Crippen molar-refractivity contribution in [3.8, 4) is 0 Å². The molecule has 0 bridgehead atoms. The standard InChI is InChI=1S/C73H122O6/c1-4-7-10-13-15-17-19-21-23-25-27-29-31-33-35-36-38-39-41-43-45-47-49-51-53-55-57-60-63-66-72(75)78-69-70(68-77-71(74)65-62-59-12-9-6-3)79-73(76)67-64-61-58-56-54-52-50-48-46-44-42-40-37-34-32-30-28-26-24-22-20-18-16-14-11-8-5-2/h7,10,15,17,20-23,26-29,32-35,38-39,43,45,70H,4-6,8-9,11-14,16,18-19,24-25,30-31,36-37,40-42,44,46-69H2,1-3H3/b10-7-,17-15-,22-20-,23-21-,28-26-,29-27-,34-32-,35-33-,39-38-,45-43-. The maximum absolute atomic E-state index is 12.8. The van der Waals surface area contributed by atoms with E-state index in [1.807, 2.05) is 0 Å². The quantitative estimate of drug-likeness (QED) is 0.0261. The van der Waals surface area contributed by atoms with Gasteiger partial charge < -0.3 is 14.2 Å². The Bertz CT molecular complexity index is 1640. The van der Waals surface area contributed by atoms with E-state index in [-0.39, 0.29) is 31.1 Å². The minimum absolute atomic E-state index is 0.0839. The molecule has 0 aromatic rings. The summed E-state index contributed by atoms with van der Waals surface area (Å²) in [5, 5.41) is 0. The summed E-state index contributed by atoms with van der Waals surface area (Å²) in [4.78, 5) is 38.0. The molecule has 0 fully saturated rings. The van der Waals surface area contributed by atoms with Crippen LogP contribution in [0.2, 0.25) is 0 Å². The molecule has 1 unspecified atom stereocenters. The number of esters is 3. The minimum atomic E-state index is -0.784. The molecule has 0 heterocycles. The lowest BCUT2D eigenvalue weighted by atomic mass is 10.0. The Kier molecular flexibility index (Phi) is 62.8. The second-order valence-corrected chi connectivity index (χ2v) is 21.6. The number of hydrogen-bond acceptors (Lipinski definition) is 6. The molecule has 6 heteroatoms. The van der Waals surface area contributed by atoms with Crippen molar-refractivity contribution in [2.24, 2.45) is 0 Å². The maximum Gasteiger partial charge on any atom is 0.306 e. The van der Waals surface area contributed by atoms with Crippen LogP contribution in [0.1, 0.15) is 303 Å². The smallest absolute Gasteiger partial charge is 0.306 e. The highest BCUT2D eigenvalue weighted by molar-refractivity contribution is 5.71. The van der Waals surface area contributed by atoms with Gasteiger partial charge in [0.15, 0.2) is 6.10 Å². The van der Waals surface area contributed by atoms with E-state index in [2.05, 4.69) is 142 Å². The van der Waals surface area contributed by atoms with Crippen molar-refractivity contribution in [1.82, 2.24) is 0 Å². The lowest BCUT2D eigenvalue weighted by molar-refractivity contribution is -0.167. The number of unbranched alkanes of at least 4 members (excludes halogenated alkanes) is 28. The largest absolute Gasteiger partial charge is 0.462 e. The molecule has 79 heavy (non-hydrogen) atoms. The van der Waals surface area contributed by atoms with Crippen molar-refractivity contribution in [2.75, 3.05) is 13.2 Å². The molecule has 0 aliphatic rings. The number of ether oxygens (including phenoxy) is 3. The Morgan fingerprint density at radius 1 is 0.266 bits per heavy atom. The number of allylic oxidation sites excluding steroid dienone is 20. The fourth-order valence-corrected chi connectivity index (χ4v) is 9.02. The van der Waals surface area contributed by atoms with Gasteiger partial charge in [-0.1, -0.05) is 290 Å². The van der Waals surface area contributed by atoms with Crippen molar-refractivity contribution in [3.63, 3.8) is 0 Å². The first-order valence-electron chi connectivity index (χ1n) is 33.0. The fourth-order valence-electron chi connectivity index (χ4n) is 9.02. The van der Waals surface area contributed by atoms with E-state index >= 15 is 0 Å². The van der Waals surface area contributed by atoms with Crippen molar-refractivity contribution in [2.45, 2.75) is 309 Å². The first-order chi connectivity index (χ1) is 39.0. The van der Waals surface area contributed by atoms with Gasteiger partial charge >= 0.3 is 17.9 Å². The van der Waals surface area contributed by atoms with E-state index in [9.17, 15) is 14.4 Å². The molecule has 0 aliphatic carbocycles. The average Bonchev–Trinajstić information content (AvgIpc) is 3.45. The number of carbonyl (C=O) groups excluding carboxylic acids is 3. The van der Waals surface area contributed by atoms with Crippen molar-refractivity contribution >= 4 is 17.9 Å². The van der Waals surface area contributed by atoms with E-state index in [1.54, 1.807) is 0 Å². The molecule has 0 spiro atoms. The van der Waals surface area contributed by atoms with Crippen LogP contribution in [0.5, 0.6) is 0 Å². The SMILES string of the molecule is CC/C=C\C/C=C\C/C=C\C/C=C\C/C=C\C/C=C\C/C=C\CCCCCCCCCC(=O)OCC(COC(=O)CCCCCCC)OC(=O)CCCCCCCCCCCCCC/C=C\C/C=C\C/C=C\CCCCCCC. The van der Waals surface area contributed by atoms with E-state index in [4.69, 9.17) is 14.2 Å². The van der Waals surface area contributed by atoms with E-state index in [1.165, 1.54) is 135 Å². The van der Waals surface area contributed by atoms with E-state index in [0.717, 1.165) is 128 Å². The summed E-state index contributed by atoms with van der Waals surface area (Å²) < 4.78 is 16.8. The number of hydrogen-bond donors (Lipinski definition) is 0. The summed E-state index contributed by atoms with van der Waals surface area (Å²) in [5.74, 6) is -0.907. The van der Waals surface area contributed by atoms with Gasteiger partial charge in [-0.3, -0.25) is 14.4 Å². The first-order valence-corrected chi connectivity index (χ1v) is 33.0. The third-order valence-corrected chi connectivity index (χ3v) is 14.0. The third kappa shape index (κ3) is 64.5. The molecule has 0 radical (unpaired) electrons. The van der Waals surface area contributed by atoms with Crippen LogP contribution in [0.3, 0.4) is 0 Å². The number of carbonyl (C=O) groups is 3. The third-order valence-electron chi connectivity index (χ3n) is 14.0. The van der Waals surface area contributed by atoms with E-state index in [0.29, 0.717) is 19.3 Å². The Balaban J connectivity index is 4.09. The lowest BCUT2D eigenvalue weighted by Crippen LogP contribution is -2.30. The molecular formula is C73H122O6. The van der Waals surface area contributed by atoms with Gasteiger partial charge in [-0.15, -0.1) is 0 Å². The molecular weight excluding hydrogens is 973 g/mol. The van der Waals surface area contributed by atoms with E-state index < -0.39 is 6.10 Å². The topological polar surface area (TPSA) is 78.9 Å². The molecule has 0 saturated heterocycles. The average molecular weight is 1100 g/mol. The van der Waals surface area contributed by atoms with Crippen LogP contribution in [0, 0.1) is 0 Å². The molecule has 450 valence electrons. The number of rotatable bonds is 59. The highest BCUT2D eigenvalue weighted by Gasteiger charge is 2.19. The highest BCUT2D eigenvalue weighted by Crippen LogP contribution is 2.16. The van der Waals surface area contributed by atoms with Crippen LogP contribution < -0.4 is 0 Å². The van der Waals surface area contributed by atoms with Gasteiger partial charge in [0.05, 0.1) is 0 Å². The molecule has 1 atom stereocenters.